The van der Waals surface area contributed by atoms with Gasteiger partial charge in [-0.05, 0) is 70.4 Å². The van der Waals surface area contributed by atoms with Crippen molar-refractivity contribution < 1.29 is 23.8 Å². The number of carbonyl (C=O) groups is 2. The Labute approximate surface area is 209 Å². The maximum absolute atomic E-state index is 13.5. The molecule has 0 unspecified atom stereocenters. The van der Waals surface area contributed by atoms with Crippen LogP contribution in [0.1, 0.15) is 91.0 Å². The van der Waals surface area contributed by atoms with E-state index in [1.807, 2.05) is 26.8 Å². The van der Waals surface area contributed by atoms with Crippen molar-refractivity contribution in [2.45, 2.75) is 111 Å². The number of nitrogens with zero attached hydrogens (tertiary/aromatic N) is 1. The van der Waals surface area contributed by atoms with Gasteiger partial charge in [0.2, 0.25) is 5.79 Å². The topological polar surface area (TPSA) is 86.8 Å². The van der Waals surface area contributed by atoms with Gasteiger partial charge in [0.05, 0.1) is 6.04 Å². The van der Waals surface area contributed by atoms with Crippen molar-refractivity contribution in [3.63, 3.8) is 0 Å². The molecule has 1 saturated carbocycles. The number of esters is 1. The van der Waals surface area contributed by atoms with Crippen LogP contribution in [0.2, 0.25) is 0 Å². The molecule has 1 aromatic heterocycles. The predicted octanol–water partition coefficient (Wildman–Crippen LogP) is 5.07. The molecule has 2 heterocycles. The summed E-state index contributed by atoms with van der Waals surface area (Å²) in [5.41, 5.74) is 0.343. The monoisotopic (exact) mass is 484 g/mol. The molecule has 1 aliphatic carbocycles. The van der Waals surface area contributed by atoms with Gasteiger partial charge in [0.25, 0.3) is 0 Å². The number of hydrogen-bond donors (Lipinski definition) is 1. The van der Waals surface area contributed by atoms with Gasteiger partial charge >= 0.3 is 12.1 Å². The van der Waals surface area contributed by atoms with Crippen LogP contribution in [0.5, 0.6) is 0 Å². The van der Waals surface area contributed by atoms with E-state index in [1.165, 1.54) is 12.8 Å². The summed E-state index contributed by atoms with van der Waals surface area (Å²) >= 11 is 0. The molecule has 1 aromatic rings. The van der Waals surface area contributed by atoms with E-state index in [0.717, 1.165) is 23.5 Å². The van der Waals surface area contributed by atoms with Gasteiger partial charge in [-0.25, -0.2) is 9.59 Å². The molecule has 35 heavy (non-hydrogen) atoms. The summed E-state index contributed by atoms with van der Waals surface area (Å²) < 4.78 is 17.5. The zero-order valence-electron chi connectivity index (χ0n) is 22.4. The molecule has 1 aliphatic heterocycles. The van der Waals surface area contributed by atoms with Gasteiger partial charge in [0.1, 0.15) is 5.60 Å². The molecular formula is C28H40N2O5. The van der Waals surface area contributed by atoms with Gasteiger partial charge < -0.3 is 19.5 Å². The fourth-order valence-corrected chi connectivity index (χ4v) is 4.30. The van der Waals surface area contributed by atoms with Crippen LogP contribution < -0.4 is 5.32 Å². The average Bonchev–Trinajstić information content (AvgIpc) is 3.47. The minimum Gasteiger partial charge on any atom is -0.444 e. The third-order valence-electron chi connectivity index (χ3n) is 6.12. The zero-order valence-corrected chi connectivity index (χ0v) is 22.4. The van der Waals surface area contributed by atoms with Crippen molar-refractivity contribution >= 4 is 12.1 Å². The molecule has 1 saturated heterocycles. The van der Waals surface area contributed by atoms with Crippen molar-refractivity contribution in [3.05, 3.63) is 29.1 Å². The van der Waals surface area contributed by atoms with Crippen LogP contribution in [0, 0.1) is 30.6 Å². The Morgan fingerprint density at radius 1 is 1.31 bits per heavy atom. The van der Waals surface area contributed by atoms with E-state index in [-0.39, 0.29) is 12.3 Å². The molecule has 2 atom stereocenters. The quantitative estimate of drug-likeness (QED) is 0.429. The molecule has 3 rings (SSSR count). The summed E-state index contributed by atoms with van der Waals surface area (Å²) in [7, 11) is 0. The molecule has 2 aliphatic rings. The number of hydrogen-bond acceptors (Lipinski definition) is 6. The Morgan fingerprint density at radius 3 is 2.54 bits per heavy atom. The Balaban J connectivity index is 1.97. The fraction of sp³-hybridized carbons (Fsp3) is 0.679. The highest BCUT2D eigenvalue weighted by Gasteiger charge is 2.59. The number of ether oxygens (including phenoxy) is 3. The first-order chi connectivity index (χ1) is 16.2. The highest BCUT2D eigenvalue weighted by atomic mass is 16.8. The number of carbonyl (C=O) groups excluding carboxylic acids is 2. The third kappa shape index (κ3) is 7.20. The Kier molecular flexibility index (Phi) is 7.86. The van der Waals surface area contributed by atoms with E-state index in [9.17, 15) is 9.59 Å². The van der Waals surface area contributed by atoms with Gasteiger partial charge in [-0.15, -0.1) is 0 Å². The lowest BCUT2D eigenvalue weighted by Crippen LogP contribution is -2.59. The van der Waals surface area contributed by atoms with Crippen molar-refractivity contribution in [1.29, 1.82) is 0 Å². The van der Waals surface area contributed by atoms with Crippen molar-refractivity contribution in [2.75, 3.05) is 0 Å². The highest BCUT2D eigenvalue weighted by Crippen LogP contribution is 2.40. The van der Waals surface area contributed by atoms with E-state index in [2.05, 4.69) is 22.1 Å². The normalized spacial score (nSPS) is 22.3. The number of amides is 1. The number of pyridine rings is 1. The Morgan fingerprint density at radius 2 is 2.00 bits per heavy atom. The third-order valence-corrected chi connectivity index (χ3v) is 6.12. The Bertz CT molecular complexity index is 1010. The largest absolute Gasteiger partial charge is 0.444 e. The fourth-order valence-electron chi connectivity index (χ4n) is 4.30. The average molecular weight is 485 g/mol. The van der Waals surface area contributed by atoms with Crippen LogP contribution in [0.15, 0.2) is 12.3 Å². The van der Waals surface area contributed by atoms with Crippen LogP contribution >= 0.6 is 0 Å². The maximum atomic E-state index is 13.5. The molecule has 192 valence electrons. The van der Waals surface area contributed by atoms with Crippen molar-refractivity contribution in [3.8, 4) is 11.8 Å². The van der Waals surface area contributed by atoms with Crippen molar-refractivity contribution in [1.82, 2.24) is 10.3 Å². The van der Waals surface area contributed by atoms with E-state index in [1.54, 1.807) is 40.8 Å². The van der Waals surface area contributed by atoms with Crippen LogP contribution in [0.25, 0.3) is 0 Å². The molecule has 0 bridgehead atoms. The van der Waals surface area contributed by atoms with E-state index in [0.29, 0.717) is 12.1 Å². The summed E-state index contributed by atoms with van der Waals surface area (Å²) in [5.74, 6) is 5.79. The minimum absolute atomic E-state index is 0.145. The summed E-state index contributed by atoms with van der Waals surface area (Å²) in [6, 6.07) is 1.21. The second-order valence-electron chi connectivity index (χ2n) is 11.7. The van der Waals surface area contributed by atoms with Gasteiger partial charge in [-0.2, -0.15) is 0 Å². The molecule has 1 amide bonds. The second-order valence-corrected chi connectivity index (χ2v) is 11.7. The lowest BCUT2D eigenvalue weighted by Gasteiger charge is -2.36. The molecule has 7 nitrogen and oxygen atoms in total. The maximum Gasteiger partial charge on any atom is 0.407 e. The lowest BCUT2D eigenvalue weighted by molar-refractivity contribution is -0.170. The first-order valence-electron chi connectivity index (χ1n) is 12.6. The lowest BCUT2D eigenvalue weighted by atomic mass is 9.83. The van der Waals surface area contributed by atoms with Crippen molar-refractivity contribution in [2.24, 2.45) is 11.8 Å². The first-order valence-corrected chi connectivity index (χ1v) is 12.6. The molecular weight excluding hydrogens is 444 g/mol. The van der Waals surface area contributed by atoms with E-state index in [4.69, 9.17) is 14.2 Å². The van der Waals surface area contributed by atoms with E-state index >= 15 is 0 Å². The van der Waals surface area contributed by atoms with Crippen LogP contribution in [0.4, 0.5) is 4.79 Å². The highest BCUT2D eigenvalue weighted by molar-refractivity contribution is 5.84. The molecule has 0 radical (unpaired) electrons. The number of alkyl carbamates (subject to hydrolysis) is 1. The summed E-state index contributed by atoms with van der Waals surface area (Å²) in [4.78, 5) is 30.8. The summed E-state index contributed by atoms with van der Waals surface area (Å²) in [6.07, 6.45) is 5.16. The standard InChI is InChI=1S/C28H40N2O5/c1-18(2)16-23(30-25(32)34-26(4,5)6)28(24(31)33-27(7,8)35-28)17-22-19(3)21(14-15-29-22)11-9-10-20-12-13-20/h14-15,18,20,23H,10,12-13,16-17H2,1-8H3,(H,30,32)/t23-,28+/m0/s1. The summed E-state index contributed by atoms with van der Waals surface area (Å²) in [5, 5.41) is 2.92. The number of rotatable bonds is 7. The van der Waals surface area contributed by atoms with Gasteiger partial charge in [-0.1, -0.05) is 25.7 Å². The second kappa shape index (κ2) is 10.2. The van der Waals surface area contributed by atoms with Gasteiger partial charge in [0, 0.05) is 44.1 Å². The molecule has 0 spiro atoms. The molecule has 0 aromatic carbocycles. The van der Waals surface area contributed by atoms with Crippen LogP contribution in [0.3, 0.4) is 0 Å². The Hall–Kier alpha value is -2.59. The SMILES string of the molecule is Cc1c(C#CCC2CC2)ccnc1C[C@]1([C@H](CC(C)C)NC(=O)OC(C)(C)C)OC(C)(C)OC1=O. The number of nitrogens with one attached hydrogen (secondary N) is 1. The molecule has 1 N–H and O–H groups in total. The smallest absolute Gasteiger partial charge is 0.407 e. The number of aromatic nitrogens is 1. The van der Waals surface area contributed by atoms with Gasteiger partial charge in [0.15, 0.2) is 5.60 Å². The first kappa shape index (κ1) is 27.0. The molecule has 7 heteroatoms. The zero-order chi connectivity index (χ0) is 26.0. The van der Waals surface area contributed by atoms with Gasteiger partial charge in [-0.3, -0.25) is 4.98 Å². The van der Waals surface area contributed by atoms with Crippen LogP contribution in [-0.4, -0.2) is 40.1 Å². The van der Waals surface area contributed by atoms with Crippen LogP contribution in [-0.2, 0) is 25.4 Å². The number of cyclic esters (lactones) is 1. The summed E-state index contributed by atoms with van der Waals surface area (Å²) in [6.45, 7) is 14.8. The predicted molar refractivity (Wildman–Crippen MR) is 133 cm³/mol. The molecule has 2 fully saturated rings. The minimum atomic E-state index is -1.46. The van der Waals surface area contributed by atoms with E-state index < -0.39 is 35.1 Å².